The van der Waals surface area contributed by atoms with Gasteiger partial charge in [-0.2, -0.15) is 19.6 Å². The van der Waals surface area contributed by atoms with Crippen LogP contribution in [0.5, 0.6) is 11.5 Å². The highest BCUT2D eigenvalue weighted by molar-refractivity contribution is 5.90. The van der Waals surface area contributed by atoms with E-state index in [1.807, 2.05) is 68.8 Å². The number of nitrogens with one attached hydrogen (secondary N) is 2. The van der Waals surface area contributed by atoms with Gasteiger partial charge in [0.2, 0.25) is 17.8 Å². The number of hydrogen-bond acceptors (Lipinski definition) is 9. The number of rotatable bonds is 12. The molecule has 11 nitrogen and oxygen atoms in total. The molecule has 1 saturated heterocycles. The molecule has 0 spiro atoms. The number of fused-ring (bicyclic) bond motifs is 1. The summed E-state index contributed by atoms with van der Waals surface area (Å²) in [5, 5.41) is 11.1. The van der Waals surface area contributed by atoms with Gasteiger partial charge >= 0.3 is 0 Å². The zero-order valence-electron chi connectivity index (χ0n) is 25.6. The molecule has 3 heterocycles. The number of carbonyl (C=O) groups excluding carboxylic acids is 1. The second-order valence-corrected chi connectivity index (χ2v) is 11.7. The van der Waals surface area contributed by atoms with Crippen LogP contribution in [0.15, 0.2) is 54.7 Å². The number of benzene rings is 2. The van der Waals surface area contributed by atoms with Crippen LogP contribution in [0, 0.1) is 0 Å². The first-order valence-electron chi connectivity index (χ1n) is 15.1. The van der Waals surface area contributed by atoms with Crippen molar-refractivity contribution in [3.8, 4) is 11.5 Å². The fourth-order valence-electron chi connectivity index (χ4n) is 5.08. The maximum atomic E-state index is 12.3. The molecule has 1 amide bonds. The van der Waals surface area contributed by atoms with Gasteiger partial charge in [-0.1, -0.05) is 32.0 Å². The lowest BCUT2D eigenvalue weighted by atomic mass is 10.1. The molecule has 0 atom stereocenters. The van der Waals surface area contributed by atoms with Crippen molar-refractivity contribution in [3.63, 3.8) is 0 Å². The monoisotopic (exact) mass is 585 g/mol. The Bertz CT molecular complexity index is 1510. The number of amides is 1. The molecule has 0 aliphatic carbocycles. The quantitative estimate of drug-likeness (QED) is 0.214. The highest BCUT2D eigenvalue weighted by Crippen LogP contribution is 2.28. The molecular weight excluding hydrogens is 542 g/mol. The molecule has 0 unspecified atom stereocenters. The summed E-state index contributed by atoms with van der Waals surface area (Å²) < 4.78 is 8.05. The van der Waals surface area contributed by atoms with Crippen molar-refractivity contribution in [1.29, 1.82) is 0 Å². The van der Waals surface area contributed by atoms with E-state index in [1.165, 1.54) is 0 Å². The van der Waals surface area contributed by atoms with Crippen LogP contribution in [-0.2, 0) is 11.3 Å². The minimum absolute atomic E-state index is 0.00971. The number of carbonyl (C=O) groups is 1. The molecule has 0 bridgehead atoms. The van der Waals surface area contributed by atoms with E-state index in [4.69, 9.17) is 20.4 Å². The summed E-state index contributed by atoms with van der Waals surface area (Å²) >= 11 is 0. The summed E-state index contributed by atoms with van der Waals surface area (Å²) in [5.74, 6) is 3.02. The van der Waals surface area contributed by atoms with Crippen LogP contribution < -0.4 is 26.0 Å². The average Bonchev–Trinajstić information content (AvgIpc) is 3.42. The summed E-state index contributed by atoms with van der Waals surface area (Å²) in [7, 11) is 4.01. The van der Waals surface area contributed by atoms with Gasteiger partial charge in [-0.25, -0.2) is 0 Å². The Morgan fingerprint density at radius 3 is 2.56 bits per heavy atom. The number of nitrogens with zero attached hydrogens (tertiary/aromatic N) is 6. The fraction of sp³-hybridized carbons (Fsp3) is 0.438. The van der Waals surface area contributed by atoms with Crippen LogP contribution in [0.4, 0.5) is 17.6 Å². The molecule has 4 N–H and O–H groups in total. The van der Waals surface area contributed by atoms with E-state index in [0.717, 1.165) is 67.1 Å². The molecule has 1 aliphatic rings. The van der Waals surface area contributed by atoms with Crippen molar-refractivity contribution in [1.82, 2.24) is 24.5 Å². The van der Waals surface area contributed by atoms with E-state index in [2.05, 4.69) is 39.4 Å². The van der Waals surface area contributed by atoms with E-state index in [9.17, 15) is 4.79 Å². The van der Waals surface area contributed by atoms with Crippen molar-refractivity contribution >= 4 is 29.1 Å². The number of nitrogens with two attached hydrogens (primary N) is 1. The number of para-hydroxylation sites is 1. The Hall–Kier alpha value is -4.22. The van der Waals surface area contributed by atoms with Crippen molar-refractivity contribution in [2.45, 2.75) is 58.0 Å². The predicted octanol–water partition coefficient (Wildman–Crippen LogP) is 4.86. The molecule has 0 radical (unpaired) electrons. The normalized spacial score (nSPS) is 14.1. The van der Waals surface area contributed by atoms with Gasteiger partial charge in [0.1, 0.15) is 11.5 Å². The maximum absolute atomic E-state index is 12.3. The molecule has 5 rings (SSSR count). The summed E-state index contributed by atoms with van der Waals surface area (Å²) in [6.07, 6.45) is 5.02. The van der Waals surface area contributed by atoms with Crippen molar-refractivity contribution in [2.75, 3.05) is 49.3 Å². The number of ether oxygens (including phenoxy) is 1. The van der Waals surface area contributed by atoms with Crippen LogP contribution in [0.3, 0.4) is 0 Å². The molecule has 0 saturated carbocycles. The summed E-state index contributed by atoms with van der Waals surface area (Å²) in [4.78, 5) is 26.4. The summed E-state index contributed by atoms with van der Waals surface area (Å²) in [6.45, 7) is 7.31. The second-order valence-electron chi connectivity index (χ2n) is 11.7. The lowest BCUT2D eigenvalue weighted by Gasteiger charge is -2.30. The van der Waals surface area contributed by atoms with Crippen molar-refractivity contribution in [2.24, 2.45) is 5.73 Å². The minimum Gasteiger partial charge on any atom is -0.457 e. The third-order valence-corrected chi connectivity index (χ3v) is 7.61. The van der Waals surface area contributed by atoms with E-state index >= 15 is 0 Å². The highest BCUT2D eigenvalue weighted by atomic mass is 16.5. The third kappa shape index (κ3) is 7.79. The van der Waals surface area contributed by atoms with E-state index in [-0.39, 0.29) is 17.9 Å². The van der Waals surface area contributed by atoms with Gasteiger partial charge in [-0.15, -0.1) is 0 Å². The molecular formula is C32H43N9O2. The standard InChI is InChI=1S/C32H43N9O2/c1-22(2)27-21-35-41-30(27)37-32(40-18-15-24(33)16-19-40)38-31(41)34-20-23-8-5-6-9-28(23)43-26-13-11-25(12-14-26)36-29(42)10-7-17-39(3)4/h5-6,8-9,11-14,21-22,24H,7,10,15-20,33H2,1-4H3,(H,36,42)(H,34,37,38). The van der Waals surface area contributed by atoms with Gasteiger partial charge in [0.15, 0.2) is 5.65 Å². The fourth-order valence-corrected chi connectivity index (χ4v) is 5.08. The van der Waals surface area contributed by atoms with Gasteiger partial charge < -0.3 is 30.9 Å². The largest absolute Gasteiger partial charge is 0.457 e. The van der Waals surface area contributed by atoms with Crippen LogP contribution in [0.1, 0.15) is 56.6 Å². The number of piperidine rings is 1. The molecule has 4 aromatic rings. The Kier molecular flexibility index (Phi) is 9.73. The Balaban J connectivity index is 1.29. The van der Waals surface area contributed by atoms with E-state index in [1.54, 1.807) is 4.52 Å². The number of hydrogen-bond donors (Lipinski definition) is 3. The van der Waals surface area contributed by atoms with Gasteiger partial charge in [0.05, 0.1) is 6.20 Å². The topological polar surface area (TPSA) is 126 Å². The Morgan fingerprint density at radius 2 is 1.84 bits per heavy atom. The van der Waals surface area contributed by atoms with Crippen LogP contribution in [0.2, 0.25) is 0 Å². The smallest absolute Gasteiger partial charge is 0.230 e. The number of aromatic nitrogens is 4. The lowest BCUT2D eigenvalue weighted by Crippen LogP contribution is -2.40. The lowest BCUT2D eigenvalue weighted by molar-refractivity contribution is -0.116. The van der Waals surface area contributed by atoms with Crippen molar-refractivity contribution in [3.05, 3.63) is 65.9 Å². The first-order chi connectivity index (χ1) is 20.8. The van der Waals surface area contributed by atoms with E-state index in [0.29, 0.717) is 30.6 Å². The van der Waals surface area contributed by atoms with Gasteiger partial charge in [-0.3, -0.25) is 4.79 Å². The van der Waals surface area contributed by atoms with Crippen LogP contribution in [-0.4, -0.2) is 70.2 Å². The summed E-state index contributed by atoms with van der Waals surface area (Å²) in [5.41, 5.74) is 9.76. The molecule has 1 aliphatic heterocycles. The zero-order chi connectivity index (χ0) is 30.3. The zero-order valence-corrected chi connectivity index (χ0v) is 25.6. The Morgan fingerprint density at radius 1 is 1.09 bits per heavy atom. The second kappa shape index (κ2) is 13.8. The highest BCUT2D eigenvalue weighted by Gasteiger charge is 2.22. The first-order valence-corrected chi connectivity index (χ1v) is 15.1. The molecule has 1 fully saturated rings. The molecule has 228 valence electrons. The molecule has 43 heavy (non-hydrogen) atoms. The van der Waals surface area contributed by atoms with Gasteiger partial charge in [0.25, 0.3) is 0 Å². The SMILES string of the molecule is CC(C)c1cnn2c(NCc3ccccc3Oc3ccc(NC(=O)CCCN(C)C)cc3)nc(N3CCC(N)CC3)nc12. The third-order valence-electron chi connectivity index (χ3n) is 7.61. The van der Waals surface area contributed by atoms with Crippen molar-refractivity contribution < 1.29 is 9.53 Å². The number of anilines is 3. The minimum atomic E-state index is 0.00971. The predicted molar refractivity (Wildman–Crippen MR) is 171 cm³/mol. The summed E-state index contributed by atoms with van der Waals surface area (Å²) in [6, 6.07) is 15.6. The molecule has 2 aromatic carbocycles. The van der Waals surface area contributed by atoms with Crippen LogP contribution in [0.25, 0.3) is 5.65 Å². The van der Waals surface area contributed by atoms with Gasteiger partial charge in [-0.05, 0) is 76.2 Å². The van der Waals surface area contributed by atoms with Crippen LogP contribution >= 0.6 is 0 Å². The molecule has 11 heteroatoms. The average molecular weight is 586 g/mol. The first kappa shape index (κ1) is 30.2. The Labute approximate surface area is 253 Å². The van der Waals surface area contributed by atoms with E-state index < -0.39 is 0 Å². The van der Waals surface area contributed by atoms with Gasteiger partial charge in [0, 0.05) is 48.9 Å². The maximum Gasteiger partial charge on any atom is 0.230 e. The molecule has 2 aromatic heterocycles.